The monoisotopic (exact) mass is 374 g/mol. The zero-order valence-corrected chi connectivity index (χ0v) is 18.0. The van der Waals surface area contributed by atoms with Crippen LogP contribution in [0.2, 0.25) is 0 Å². The zero-order valence-electron chi connectivity index (χ0n) is 18.0. The molecule has 4 aliphatic rings. The Morgan fingerprint density at radius 3 is 1.89 bits per heavy atom. The molecule has 0 N–H and O–H groups in total. The van der Waals surface area contributed by atoms with Gasteiger partial charge >= 0.3 is 0 Å². The van der Waals surface area contributed by atoms with Crippen molar-refractivity contribution in [3.63, 3.8) is 0 Å². The zero-order chi connectivity index (χ0) is 18.8. The fourth-order valence-corrected chi connectivity index (χ4v) is 7.23. The van der Waals surface area contributed by atoms with Crippen LogP contribution in [-0.2, 0) is 0 Å². The van der Waals surface area contributed by atoms with Crippen LogP contribution in [0.25, 0.3) is 0 Å². The summed E-state index contributed by atoms with van der Waals surface area (Å²) in [7, 11) is 0. The summed E-state index contributed by atoms with van der Waals surface area (Å²) in [6, 6.07) is 0. The standard InChI is InChI=1S/C26H43F/c1-18-3-7-20(8-4-18)21-11-13-23(14-12-21)25-16-15-24(17-26(25)27)22-9-5-19(2)6-10-22/h19-21,23-26H,3-17H2,1-2H3. The van der Waals surface area contributed by atoms with Gasteiger partial charge in [-0.05, 0) is 131 Å². The van der Waals surface area contributed by atoms with E-state index in [2.05, 4.69) is 13.8 Å². The van der Waals surface area contributed by atoms with Crippen molar-refractivity contribution in [3.05, 3.63) is 11.8 Å². The van der Waals surface area contributed by atoms with E-state index in [0.717, 1.165) is 24.2 Å². The molecule has 27 heavy (non-hydrogen) atoms. The Labute approximate surface area is 168 Å². The molecule has 4 rings (SSSR count). The number of rotatable bonds is 3. The summed E-state index contributed by atoms with van der Waals surface area (Å²) in [5.41, 5.74) is 0. The molecule has 0 saturated heterocycles. The lowest BCUT2D eigenvalue weighted by atomic mass is 9.62. The molecular formula is C26H43F. The summed E-state index contributed by atoms with van der Waals surface area (Å²) in [6.07, 6.45) is 19.2. The predicted octanol–water partition coefficient (Wildman–Crippen LogP) is 8.12. The smallest absolute Gasteiger partial charge is 0.103 e. The molecule has 4 fully saturated rings. The van der Waals surface area contributed by atoms with Gasteiger partial charge in [0, 0.05) is 0 Å². The Balaban J connectivity index is 1.22. The second kappa shape index (κ2) is 9.17. The molecule has 0 aliphatic heterocycles. The second-order valence-electron chi connectivity index (χ2n) is 11.0. The Kier molecular flexibility index (Phi) is 6.86. The lowest BCUT2D eigenvalue weighted by molar-refractivity contribution is 0.0491. The van der Waals surface area contributed by atoms with Crippen LogP contribution in [0.5, 0.6) is 0 Å². The molecule has 0 bridgehead atoms. The van der Waals surface area contributed by atoms with E-state index in [9.17, 15) is 0 Å². The predicted molar refractivity (Wildman–Crippen MR) is 113 cm³/mol. The molecule has 0 nitrogen and oxygen atoms in total. The quantitative estimate of drug-likeness (QED) is 0.468. The second-order valence-corrected chi connectivity index (χ2v) is 11.0. The van der Waals surface area contributed by atoms with Crippen molar-refractivity contribution in [3.8, 4) is 0 Å². The van der Waals surface area contributed by atoms with Gasteiger partial charge in [0.2, 0.25) is 0 Å². The first kappa shape index (κ1) is 20.2. The lowest BCUT2D eigenvalue weighted by Crippen LogP contribution is -2.36. The molecule has 0 aromatic heterocycles. The van der Waals surface area contributed by atoms with Crippen molar-refractivity contribution >= 4 is 0 Å². The van der Waals surface area contributed by atoms with Crippen molar-refractivity contribution in [2.75, 3.05) is 0 Å². The molecule has 1 heteroatoms. The molecule has 4 aliphatic carbocycles. The SMILES string of the molecule is C[C]1CCC(C2CCC(C3CCC([C]4CCC(C)CC4)CC3F)CC2)CC1. The van der Waals surface area contributed by atoms with Gasteiger partial charge in [0.15, 0.2) is 0 Å². The first-order chi connectivity index (χ1) is 13.1. The largest absolute Gasteiger partial charge is 0.247 e. The lowest BCUT2D eigenvalue weighted by Gasteiger charge is -2.44. The molecular weight excluding hydrogens is 331 g/mol. The molecule has 3 unspecified atom stereocenters. The van der Waals surface area contributed by atoms with Crippen molar-refractivity contribution in [2.24, 2.45) is 35.5 Å². The first-order valence-electron chi connectivity index (χ1n) is 12.4. The Hall–Kier alpha value is -0.0700. The normalized spacial score (nSPS) is 41.7. The van der Waals surface area contributed by atoms with E-state index in [1.165, 1.54) is 89.9 Å². The highest BCUT2D eigenvalue weighted by Crippen LogP contribution is 2.49. The van der Waals surface area contributed by atoms with Gasteiger partial charge in [0.1, 0.15) is 6.17 Å². The van der Waals surface area contributed by atoms with E-state index >= 15 is 4.39 Å². The van der Waals surface area contributed by atoms with Gasteiger partial charge in [-0.2, -0.15) is 0 Å². The maximum atomic E-state index is 15.2. The van der Waals surface area contributed by atoms with Crippen LogP contribution < -0.4 is 0 Å². The average molecular weight is 375 g/mol. The van der Waals surface area contributed by atoms with Crippen LogP contribution >= 0.6 is 0 Å². The fourth-order valence-electron chi connectivity index (χ4n) is 7.23. The summed E-state index contributed by atoms with van der Waals surface area (Å²) < 4.78 is 15.2. The summed E-state index contributed by atoms with van der Waals surface area (Å²) in [4.78, 5) is 0. The van der Waals surface area contributed by atoms with E-state index in [-0.39, 0.29) is 0 Å². The highest BCUT2D eigenvalue weighted by atomic mass is 19.1. The molecule has 3 atom stereocenters. The molecule has 0 aromatic carbocycles. The van der Waals surface area contributed by atoms with Gasteiger partial charge in [0.25, 0.3) is 0 Å². The van der Waals surface area contributed by atoms with Crippen molar-refractivity contribution in [1.29, 1.82) is 0 Å². The molecule has 4 saturated carbocycles. The highest BCUT2D eigenvalue weighted by Gasteiger charge is 2.40. The average Bonchev–Trinajstić information content (AvgIpc) is 2.69. The third-order valence-electron chi connectivity index (χ3n) is 9.29. The number of alkyl halides is 1. The Bertz CT molecular complexity index is 435. The number of halogens is 1. The van der Waals surface area contributed by atoms with Gasteiger partial charge in [-0.25, -0.2) is 4.39 Å². The summed E-state index contributed by atoms with van der Waals surface area (Å²) in [6.45, 7) is 4.73. The van der Waals surface area contributed by atoms with Crippen LogP contribution in [-0.4, -0.2) is 6.17 Å². The van der Waals surface area contributed by atoms with Crippen LogP contribution in [0.4, 0.5) is 4.39 Å². The van der Waals surface area contributed by atoms with E-state index in [4.69, 9.17) is 0 Å². The highest BCUT2D eigenvalue weighted by molar-refractivity contribution is 5.03. The summed E-state index contributed by atoms with van der Waals surface area (Å²) in [5.74, 6) is 8.02. The molecule has 2 radical (unpaired) electrons. The van der Waals surface area contributed by atoms with Crippen LogP contribution in [0.15, 0.2) is 0 Å². The van der Waals surface area contributed by atoms with E-state index in [0.29, 0.717) is 17.8 Å². The molecule has 0 spiro atoms. The number of hydrogen-bond donors (Lipinski definition) is 0. The Morgan fingerprint density at radius 2 is 1.26 bits per heavy atom. The number of hydrogen-bond acceptors (Lipinski definition) is 0. The maximum Gasteiger partial charge on any atom is 0.103 e. The van der Waals surface area contributed by atoms with Gasteiger partial charge in [-0.1, -0.05) is 26.7 Å². The third-order valence-corrected chi connectivity index (χ3v) is 9.29. The van der Waals surface area contributed by atoms with E-state index in [1.54, 1.807) is 11.8 Å². The fraction of sp³-hybridized carbons (Fsp3) is 0.923. The van der Waals surface area contributed by atoms with Crippen molar-refractivity contribution < 1.29 is 4.39 Å². The first-order valence-corrected chi connectivity index (χ1v) is 12.4. The molecule has 0 heterocycles. The topological polar surface area (TPSA) is 0 Å². The van der Waals surface area contributed by atoms with E-state index < -0.39 is 6.17 Å². The van der Waals surface area contributed by atoms with Crippen LogP contribution in [0, 0.1) is 47.3 Å². The van der Waals surface area contributed by atoms with Gasteiger partial charge in [-0.15, -0.1) is 0 Å². The van der Waals surface area contributed by atoms with Gasteiger partial charge in [-0.3, -0.25) is 0 Å². The summed E-state index contributed by atoms with van der Waals surface area (Å²) in [5, 5.41) is 0. The minimum absolute atomic E-state index is 0.396. The molecule has 154 valence electrons. The maximum absolute atomic E-state index is 15.2. The van der Waals surface area contributed by atoms with Crippen LogP contribution in [0.3, 0.4) is 0 Å². The molecule has 0 amide bonds. The van der Waals surface area contributed by atoms with Crippen LogP contribution in [0.1, 0.15) is 110 Å². The van der Waals surface area contributed by atoms with Crippen molar-refractivity contribution in [1.82, 2.24) is 0 Å². The van der Waals surface area contributed by atoms with E-state index in [1.807, 2.05) is 0 Å². The minimum Gasteiger partial charge on any atom is -0.247 e. The Morgan fingerprint density at radius 1 is 0.667 bits per heavy atom. The van der Waals surface area contributed by atoms with Crippen molar-refractivity contribution in [2.45, 2.75) is 116 Å². The minimum atomic E-state index is -0.510. The molecule has 0 aromatic rings. The summed E-state index contributed by atoms with van der Waals surface area (Å²) >= 11 is 0. The van der Waals surface area contributed by atoms with Gasteiger partial charge in [0.05, 0.1) is 0 Å². The third kappa shape index (κ3) is 4.92. The van der Waals surface area contributed by atoms with Gasteiger partial charge < -0.3 is 0 Å².